The third-order valence-corrected chi connectivity index (χ3v) is 5.47. The third kappa shape index (κ3) is 5.60. The van der Waals surface area contributed by atoms with Gasteiger partial charge in [-0.25, -0.2) is 9.78 Å². The fourth-order valence-electron chi connectivity index (χ4n) is 2.72. The van der Waals surface area contributed by atoms with Crippen LogP contribution >= 0.6 is 11.3 Å². The number of aromatic nitrogens is 1. The molecule has 0 amide bonds. The van der Waals surface area contributed by atoms with Gasteiger partial charge in [-0.1, -0.05) is 12.1 Å². The predicted octanol–water partition coefficient (Wildman–Crippen LogP) is 3.07. The summed E-state index contributed by atoms with van der Waals surface area (Å²) in [5, 5.41) is 7.34. The zero-order valence-corrected chi connectivity index (χ0v) is 18.5. The Morgan fingerprint density at radius 1 is 1.31 bits per heavy atom. The molecule has 1 atom stereocenters. The predicted molar refractivity (Wildman–Crippen MR) is 114 cm³/mol. The number of nitrogens with one attached hydrogen (secondary N) is 2. The van der Waals surface area contributed by atoms with Crippen LogP contribution in [-0.4, -0.2) is 44.8 Å². The van der Waals surface area contributed by atoms with Gasteiger partial charge in [0.15, 0.2) is 17.5 Å². The monoisotopic (exact) mass is 420 g/mol. The molecule has 1 heterocycles. The number of guanidine groups is 1. The number of aliphatic imine (C=N–C) groups is 1. The van der Waals surface area contributed by atoms with Crippen molar-refractivity contribution >= 4 is 23.3 Å². The summed E-state index contributed by atoms with van der Waals surface area (Å²) in [6.07, 6.45) is 0. The highest BCUT2D eigenvalue weighted by atomic mass is 32.1. The van der Waals surface area contributed by atoms with Crippen LogP contribution in [0, 0.1) is 6.92 Å². The lowest BCUT2D eigenvalue weighted by Gasteiger charge is -2.18. The minimum Gasteiger partial charge on any atom is -0.493 e. The van der Waals surface area contributed by atoms with Crippen molar-refractivity contribution in [2.45, 2.75) is 33.4 Å². The number of rotatable bonds is 8. The van der Waals surface area contributed by atoms with Gasteiger partial charge in [0.25, 0.3) is 0 Å². The first-order chi connectivity index (χ1) is 13.9. The number of para-hydroxylation sites is 1. The zero-order valence-electron chi connectivity index (χ0n) is 17.7. The molecule has 158 valence electrons. The second-order valence-corrected chi connectivity index (χ2v) is 7.16. The molecule has 2 rings (SSSR count). The van der Waals surface area contributed by atoms with E-state index in [2.05, 4.69) is 20.6 Å². The van der Waals surface area contributed by atoms with Crippen molar-refractivity contribution in [3.8, 4) is 11.5 Å². The molecule has 1 aromatic heterocycles. The van der Waals surface area contributed by atoms with E-state index in [4.69, 9.17) is 14.2 Å². The van der Waals surface area contributed by atoms with E-state index in [9.17, 15) is 4.79 Å². The van der Waals surface area contributed by atoms with Gasteiger partial charge in [-0.15, -0.1) is 11.3 Å². The van der Waals surface area contributed by atoms with Gasteiger partial charge < -0.3 is 24.8 Å². The Balaban J connectivity index is 2.06. The summed E-state index contributed by atoms with van der Waals surface area (Å²) in [6.45, 7) is 6.39. The van der Waals surface area contributed by atoms with Crippen LogP contribution in [0.4, 0.5) is 0 Å². The normalized spacial score (nSPS) is 12.3. The maximum absolute atomic E-state index is 12.0. The average molecular weight is 421 g/mol. The first-order valence-corrected chi connectivity index (χ1v) is 10.1. The molecule has 9 heteroatoms. The topological polar surface area (TPSA) is 94.1 Å². The van der Waals surface area contributed by atoms with Crippen LogP contribution in [0.3, 0.4) is 0 Å². The highest BCUT2D eigenvalue weighted by Gasteiger charge is 2.20. The molecule has 0 aliphatic carbocycles. The number of ether oxygens (including phenoxy) is 3. The maximum atomic E-state index is 12.0. The van der Waals surface area contributed by atoms with Crippen molar-refractivity contribution in [2.75, 3.05) is 27.9 Å². The average Bonchev–Trinajstić information content (AvgIpc) is 3.12. The van der Waals surface area contributed by atoms with Crippen molar-refractivity contribution in [1.82, 2.24) is 15.6 Å². The van der Waals surface area contributed by atoms with Gasteiger partial charge in [-0.3, -0.25) is 4.99 Å². The Labute approximate surface area is 175 Å². The van der Waals surface area contributed by atoms with Gasteiger partial charge in [-0.05, 0) is 26.8 Å². The van der Waals surface area contributed by atoms with Gasteiger partial charge >= 0.3 is 5.97 Å². The van der Waals surface area contributed by atoms with Crippen molar-refractivity contribution in [3.63, 3.8) is 0 Å². The van der Waals surface area contributed by atoms with E-state index in [0.29, 0.717) is 41.2 Å². The molecule has 0 aliphatic rings. The molecule has 2 aromatic rings. The molecule has 29 heavy (non-hydrogen) atoms. The van der Waals surface area contributed by atoms with E-state index in [1.54, 1.807) is 35.1 Å². The Hall–Kier alpha value is -2.81. The lowest BCUT2D eigenvalue weighted by Crippen LogP contribution is -2.38. The molecule has 8 nitrogen and oxygen atoms in total. The number of aryl methyl sites for hydroxylation is 1. The molecule has 0 saturated heterocycles. The van der Waals surface area contributed by atoms with E-state index >= 15 is 0 Å². The highest BCUT2D eigenvalue weighted by molar-refractivity contribution is 7.13. The number of esters is 1. The SMILES string of the molecule is CCOC(=O)c1sc(C(C)NC(=NC)NCc2cccc(OC)c2OC)nc1C. The number of thiazole rings is 1. The summed E-state index contributed by atoms with van der Waals surface area (Å²) in [7, 11) is 4.92. The molecule has 0 saturated carbocycles. The van der Waals surface area contributed by atoms with Gasteiger partial charge in [0.05, 0.1) is 32.6 Å². The molecule has 2 N–H and O–H groups in total. The van der Waals surface area contributed by atoms with E-state index in [1.807, 2.05) is 25.1 Å². The van der Waals surface area contributed by atoms with E-state index in [-0.39, 0.29) is 12.0 Å². The fourth-order valence-corrected chi connectivity index (χ4v) is 3.68. The number of carbonyl (C=O) groups is 1. The van der Waals surface area contributed by atoms with Crippen molar-refractivity contribution < 1.29 is 19.0 Å². The molecular formula is C20H28N4O4S. The van der Waals surface area contributed by atoms with E-state index in [1.165, 1.54) is 11.3 Å². The zero-order chi connectivity index (χ0) is 21.4. The Bertz CT molecular complexity index is 866. The van der Waals surface area contributed by atoms with E-state index < -0.39 is 0 Å². The largest absolute Gasteiger partial charge is 0.493 e. The third-order valence-electron chi connectivity index (χ3n) is 4.15. The fraction of sp³-hybridized carbons (Fsp3) is 0.450. The number of methoxy groups -OCH3 is 2. The molecule has 0 spiro atoms. The van der Waals surface area contributed by atoms with Crippen LogP contribution in [0.5, 0.6) is 11.5 Å². The second kappa shape index (κ2) is 10.7. The van der Waals surface area contributed by atoms with Crippen molar-refractivity contribution in [1.29, 1.82) is 0 Å². The van der Waals surface area contributed by atoms with Crippen molar-refractivity contribution in [3.05, 3.63) is 39.3 Å². The molecule has 0 bridgehead atoms. The van der Waals surface area contributed by atoms with Gasteiger partial charge in [-0.2, -0.15) is 0 Å². The quantitative estimate of drug-likeness (QED) is 0.385. The van der Waals surface area contributed by atoms with Crippen LogP contribution in [0.1, 0.15) is 45.8 Å². The molecule has 0 fully saturated rings. The molecule has 1 aromatic carbocycles. The number of nitrogens with zero attached hydrogens (tertiary/aromatic N) is 2. The number of carbonyl (C=O) groups excluding carboxylic acids is 1. The lowest BCUT2D eigenvalue weighted by molar-refractivity contribution is 0.0531. The number of hydrogen-bond donors (Lipinski definition) is 2. The molecule has 0 aliphatic heterocycles. The summed E-state index contributed by atoms with van der Waals surface area (Å²) in [6, 6.07) is 5.58. The van der Waals surface area contributed by atoms with Gasteiger partial charge in [0, 0.05) is 19.2 Å². The van der Waals surface area contributed by atoms with Gasteiger partial charge in [0.1, 0.15) is 9.88 Å². The summed E-state index contributed by atoms with van der Waals surface area (Å²) < 4.78 is 15.9. The smallest absolute Gasteiger partial charge is 0.350 e. The maximum Gasteiger partial charge on any atom is 0.350 e. The van der Waals surface area contributed by atoms with Crippen LogP contribution in [0.2, 0.25) is 0 Å². The molecule has 0 radical (unpaired) electrons. The standard InChI is InChI=1S/C20H28N4O4S/c1-7-28-19(25)17-12(2)23-18(29-17)13(3)24-20(21-4)22-11-14-9-8-10-15(26-5)16(14)27-6/h8-10,13H,7,11H2,1-6H3,(H2,21,22,24). The first kappa shape index (κ1) is 22.5. The van der Waals surface area contributed by atoms with E-state index in [0.717, 1.165) is 10.6 Å². The summed E-state index contributed by atoms with van der Waals surface area (Å²) in [4.78, 5) is 21.3. The minimum absolute atomic E-state index is 0.139. The highest BCUT2D eigenvalue weighted by Crippen LogP contribution is 2.30. The summed E-state index contributed by atoms with van der Waals surface area (Å²) in [5.41, 5.74) is 1.61. The Morgan fingerprint density at radius 2 is 2.07 bits per heavy atom. The Morgan fingerprint density at radius 3 is 2.69 bits per heavy atom. The number of hydrogen-bond acceptors (Lipinski definition) is 7. The van der Waals surface area contributed by atoms with Crippen LogP contribution in [0.15, 0.2) is 23.2 Å². The van der Waals surface area contributed by atoms with Crippen LogP contribution in [-0.2, 0) is 11.3 Å². The number of benzene rings is 1. The van der Waals surface area contributed by atoms with Crippen LogP contribution < -0.4 is 20.1 Å². The minimum atomic E-state index is -0.339. The lowest BCUT2D eigenvalue weighted by atomic mass is 10.2. The second-order valence-electron chi connectivity index (χ2n) is 6.13. The van der Waals surface area contributed by atoms with Crippen molar-refractivity contribution in [2.24, 2.45) is 4.99 Å². The molecule has 1 unspecified atom stereocenters. The van der Waals surface area contributed by atoms with Gasteiger partial charge in [0.2, 0.25) is 0 Å². The Kier molecular flexibility index (Phi) is 8.26. The summed E-state index contributed by atoms with van der Waals surface area (Å²) >= 11 is 1.33. The molecular weight excluding hydrogens is 392 g/mol. The summed E-state index contributed by atoms with van der Waals surface area (Å²) in [5.74, 6) is 1.62. The first-order valence-electron chi connectivity index (χ1n) is 9.26. The van der Waals surface area contributed by atoms with Crippen LogP contribution in [0.25, 0.3) is 0 Å².